The Morgan fingerprint density at radius 2 is 2.21 bits per heavy atom. The fourth-order valence-electron chi connectivity index (χ4n) is 0.832. The van der Waals surface area contributed by atoms with Crippen LogP contribution in [0.2, 0.25) is 0 Å². The van der Waals surface area contributed by atoms with Crippen LogP contribution in [0.1, 0.15) is 0 Å². The van der Waals surface area contributed by atoms with Gasteiger partial charge in [0.15, 0.2) is 0 Å². The maximum atomic E-state index is 11.3. The first-order valence-corrected chi connectivity index (χ1v) is 6.93. The molecule has 0 aliphatic rings. The summed E-state index contributed by atoms with van der Waals surface area (Å²) in [6, 6.07) is 1.41. The lowest BCUT2D eigenvalue weighted by molar-refractivity contribution is 0.575. The Hall–Kier alpha value is -0.440. The molecule has 0 radical (unpaired) electrons. The topological polar surface area (TPSA) is 69.0 Å². The number of aryl methyl sites for hydroxylation is 1. The van der Waals surface area contributed by atoms with Crippen molar-refractivity contribution in [3.8, 4) is 0 Å². The second-order valence-corrected chi connectivity index (χ2v) is 6.37. The van der Waals surface area contributed by atoms with Crippen molar-refractivity contribution in [2.24, 2.45) is 0 Å². The molecule has 0 bridgehead atoms. The highest BCUT2D eigenvalue weighted by Crippen LogP contribution is 1.95. The highest BCUT2D eigenvalue weighted by Gasteiger charge is 2.04. The van der Waals surface area contributed by atoms with Crippen LogP contribution in [0.3, 0.4) is 0 Å². The predicted molar refractivity (Wildman–Crippen MR) is 60.9 cm³/mol. The number of halogens is 1. The van der Waals surface area contributed by atoms with Crippen molar-refractivity contribution in [2.45, 2.75) is 6.54 Å². The van der Waals surface area contributed by atoms with Gasteiger partial charge < -0.3 is 0 Å². The van der Waals surface area contributed by atoms with Gasteiger partial charge >= 0.3 is 0 Å². The zero-order valence-corrected chi connectivity index (χ0v) is 10.4. The standard InChI is InChI=1S/C7H9IN2O3S/c1-14(12,13)3-2-10-7(11)4-6(8)5-9-10/h4-5H,2-3H2,1H3. The smallest absolute Gasteiger partial charge is 0.267 e. The van der Waals surface area contributed by atoms with Gasteiger partial charge in [0.1, 0.15) is 9.84 Å². The highest BCUT2D eigenvalue weighted by molar-refractivity contribution is 14.1. The quantitative estimate of drug-likeness (QED) is 0.726. The summed E-state index contributed by atoms with van der Waals surface area (Å²) in [6.07, 6.45) is 2.65. The number of rotatable bonds is 3. The fourth-order valence-corrected chi connectivity index (χ4v) is 1.73. The van der Waals surface area contributed by atoms with Gasteiger partial charge in [0.05, 0.1) is 18.5 Å². The Bertz CT molecular complexity index is 480. The maximum absolute atomic E-state index is 11.3. The third-order valence-electron chi connectivity index (χ3n) is 1.51. The molecule has 0 spiro atoms. The summed E-state index contributed by atoms with van der Waals surface area (Å²) in [5.74, 6) is -0.0689. The Morgan fingerprint density at radius 1 is 1.57 bits per heavy atom. The van der Waals surface area contributed by atoms with Gasteiger partial charge in [0.2, 0.25) is 0 Å². The van der Waals surface area contributed by atoms with Gasteiger partial charge in [0.25, 0.3) is 5.56 Å². The summed E-state index contributed by atoms with van der Waals surface area (Å²) in [5, 5.41) is 3.81. The van der Waals surface area contributed by atoms with E-state index in [9.17, 15) is 13.2 Å². The third kappa shape index (κ3) is 3.74. The summed E-state index contributed by atoms with van der Waals surface area (Å²) >= 11 is 1.97. The van der Waals surface area contributed by atoms with Crippen molar-refractivity contribution in [3.63, 3.8) is 0 Å². The van der Waals surface area contributed by atoms with E-state index < -0.39 is 9.84 Å². The Kier molecular flexibility index (Phi) is 3.65. The average molecular weight is 328 g/mol. The molecule has 0 saturated heterocycles. The van der Waals surface area contributed by atoms with Crippen LogP contribution in [-0.2, 0) is 16.4 Å². The molecule has 0 saturated carbocycles. The zero-order valence-electron chi connectivity index (χ0n) is 7.47. The second-order valence-electron chi connectivity index (χ2n) is 2.87. The molecular weight excluding hydrogens is 319 g/mol. The van der Waals surface area contributed by atoms with Gasteiger partial charge in [-0.1, -0.05) is 0 Å². The number of aromatic nitrogens is 2. The molecule has 5 nitrogen and oxygen atoms in total. The largest absolute Gasteiger partial charge is 0.268 e. The molecule has 0 N–H and O–H groups in total. The monoisotopic (exact) mass is 328 g/mol. The fraction of sp³-hybridized carbons (Fsp3) is 0.429. The van der Waals surface area contributed by atoms with Gasteiger partial charge in [-0.15, -0.1) is 0 Å². The van der Waals surface area contributed by atoms with Crippen molar-refractivity contribution in [1.82, 2.24) is 9.78 Å². The number of hydrogen-bond donors (Lipinski definition) is 0. The summed E-state index contributed by atoms with van der Waals surface area (Å²) in [4.78, 5) is 11.3. The Labute approximate surface area is 95.2 Å². The molecule has 1 aromatic heterocycles. The van der Waals surface area contributed by atoms with Crippen LogP contribution < -0.4 is 5.56 Å². The molecule has 0 atom stereocenters. The Balaban J connectivity index is 2.84. The minimum absolute atomic E-state index is 0.0689. The molecule has 78 valence electrons. The molecule has 1 aromatic rings. The van der Waals surface area contributed by atoms with Crippen molar-refractivity contribution in [3.05, 3.63) is 26.2 Å². The summed E-state index contributed by atoms with van der Waals surface area (Å²) in [6.45, 7) is 0.106. The van der Waals surface area contributed by atoms with E-state index in [1.165, 1.54) is 12.3 Å². The SMILES string of the molecule is CS(=O)(=O)CCn1ncc(I)cc1=O. The van der Waals surface area contributed by atoms with Gasteiger partial charge in [0, 0.05) is 15.9 Å². The van der Waals surface area contributed by atoms with Crippen LogP contribution in [-0.4, -0.2) is 30.2 Å². The van der Waals surface area contributed by atoms with Gasteiger partial charge in [-0.3, -0.25) is 4.79 Å². The van der Waals surface area contributed by atoms with Crippen LogP contribution >= 0.6 is 22.6 Å². The first-order chi connectivity index (χ1) is 6.38. The van der Waals surface area contributed by atoms with Gasteiger partial charge in [-0.05, 0) is 22.6 Å². The molecule has 0 aromatic carbocycles. The molecule has 1 heterocycles. The molecule has 7 heteroatoms. The maximum Gasteiger partial charge on any atom is 0.267 e. The van der Waals surface area contributed by atoms with Gasteiger partial charge in [-0.25, -0.2) is 13.1 Å². The van der Waals surface area contributed by atoms with E-state index in [2.05, 4.69) is 5.10 Å². The van der Waals surface area contributed by atoms with Crippen LogP contribution in [0.15, 0.2) is 17.1 Å². The van der Waals surface area contributed by atoms with E-state index >= 15 is 0 Å². The van der Waals surface area contributed by atoms with E-state index in [4.69, 9.17) is 0 Å². The average Bonchev–Trinajstić information content (AvgIpc) is 2.00. The lowest BCUT2D eigenvalue weighted by Gasteiger charge is -2.02. The normalized spacial score (nSPS) is 11.6. The molecule has 0 aliphatic heterocycles. The van der Waals surface area contributed by atoms with Crippen molar-refractivity contribution in [1.29, 1.82) is 0 Å². The van der Waals surface area contributed by atoms with Crippen molar-refractivity contribution in [2.75, 3.05) is 12.0 Å². The van der Waals surface area contributed by atoms with E-state index in [0.717, 1.165) is 14.5 Å². The molecular formula is C7H9IN2O3S. The first kappa shape index (κ1) is 11.6. The molecule has 0 unspecified atom stereocenters. The van der Waals surface area contributed by atoms with Crippen LogP contribution in [0.5, 0.6) is 0 Å². The first-order valence-electron chi connectivity index (χ1n) is 3.79. The van der Waals surface area contributed by atoms with E-state index in [-0.39, 0.29) is 17.9 Å². The molecule has 0 aliphatic carbocycles. The number of nitrogens with zero attached hydrogens (tertiary/aromatic N) is 2. The van der Waals surface area contributed by atoms with Crippen molar-refractivity contribution < 1.29 is 8.42 Å². The molecule has 0 fully saturated rings. The van der Waals surface area contributed by atoms with E-state index in [1.54, 1.807) is 0 Å². The molecule has 14 heavy (non-hydrogen) atoms. The Morgan fingerprint density at radius 3 is 2.71 bits per heavy atom. The van der Waals surface area contributed by atoms with Crippen molar-refractivity contribution >= 4 is 32.4 Å². The third-order valence-corrected chi connectivity index (χ3v) is 3.02. The summed E-state index contributed by atoms with van der Waals surface area (Å²) < 4.78 is 23.6. The molecule has 1 rings (SSSR count). The highest BCUT2D eigenvalue weighted by atomic mass is 127. The van der Waals surface area contributed by atoms with Crippen LogP contribution in [0.4, 0.5) is 0 Å². The van der Waals surface area contributed by atoms with E-state index in [1.807, 2.05) is 22.6 Å². The summed E-state index contributed by atoms with van der Waals surface area (Å²) in [5.41, 5.74) is -0.277. The van der Waals surface area contributed by atoms with Gasteiger partial charge in [-0.2, -0.15) is 5.10 Å². The molecule has 0 amide bonds. The second kappa shape index (κ2) is 4.39. The predicted octanol–water partition coefficient (Wildman–Crippen LogP) is -0.108. The van der Waals surface area contributed by atoms with Crippen LogP contribution in [0, 0.1) is 3.57 Å². The lowest BCUT2D eigenvalue weighted by Crippen LogP contribution is -2.25. The number of hydrogen-bond acceptors (Lipinski definition) is 4. The number of sulfone groups is 1. The van der Waals surface area contributed by atoms with Crippen LogP contribution in [0.25, 0.3) is 0 Å². The van der Waals surface area contributed by atoms with E-state index in [0.29, 0.717) is 0 Å². The summed E-state index contributed by atoms with van der Waals surface area (Å²) in [7, 11) is -3.05. The minimum atomic E-state index is -3.05. The zero-order chi connectivity index (χ0) is 10.8. The minimum Gasteiger partial charge on any atom is -0.268 e. The lowest BCUT2D eigenvalue weighted by atomic mass is 10.6.